The summed E-state index contributed by atoms with van der Waals surface area (Å²) in [4.78, 5) is 0. The Morgan fingerprint density at radius 1 is 0.818 bits per heavy atom. The Morgan fingerprint density at radius 3 is 1.41 bits per heavy atom. The number of unbranched alkanes of at least 4 members (excludes halogenated alkanes) is 1. The van der Waals surface area contributed by atoms with Crippen molar-refractivity contribution < 1.29 is 0 Å². The Morgan fingerprint density at radius 2 is 1.23 bits per heavy atom. The number of benzene rings is 1. The highest BCUT2D eigenvalue weighted by Crippen LogP contribution is 2.22. The maximum Gasteiger partial charge on any atom is -0.0307 e. The molecule has 0 aliphatic heterocycles. The molecule has 0 radical (unpaired) electrons. The lowest BCUT2D eigenvalue weighted by Gasteiger charge is -1.91. The van der Waals surface area contributed by atoms with Crippen LogP contribution in [0.25, 0.3) is 0 Å². The van der Waals surface area contributed by atoms with Gasteiger partial charge in [-0.05, 0) is 17.9 Å². The smallest absolute Gasteiger partial charge is 0.0307 e. The fraction of sp³-hybridized carbons (Fsp3) is 0.727. The van der Waals surface area contributed by atoms with E-state index in [-0.39, 0.29) is 14.9 Å². The summed E-state index contributed by atoms with van der Waals surface area (Å²) in [7, 11) is 0. The van der Waals surface area contributed by atoms with E-state index in [1.54, 1.807) is 0 Å². The van der Waals surface area contributed by atoms with Crippen LogP contribution in [0.4, 0.5) is 0 Å². The topological polar surface area (TPSA) is 0 Å². The summed E-state index contributed by atoms with van der Waals surface area (Å²) in [6.07, 6.45) is 9.73. The van der Waals surface area contributed by atoms with Gasteiger partial charge in [-0.25, -0.2) is 0 Å². The molecule has 1 aliphatic rings. The van der Waals surface area contributed by atoms with E-state index in [0.717, 1.165) is 12.3 Å². The van der Waals surface area contributed by atoms with E-state index in [9.17, 15) is 0 Å². The molecule has 1 fully saturated rings. The Balaban J connectivity index is -0.000000105. The van der Waals surface area contributed by atoms with Gasteiger partial charge in [-0.3, -0.25) is 0 Å². The van der Waals surface area contributed by atoms with E-state index in [1.807, 2.05) is 19.9 Å². The first-order chi connectivity index (χ1) is 9.74. The molecule has 0 spiro atoms. The quantitative estimate of drug-likeness (QED) is 0.513. The third kappa shape index (κ3) is 21.5. The molecule has 0 atom stereocenters. The van der Waals surface area contributed by atoms with Crippen molar-refractivity contribution in [3.8, 4) is 0 Å². The van der Waals surface area contributed by atoms with E-state index >= 15 is 0 Å². The second-order valence-electron chi connectivity index (χ2n) is 5.23. The zero-order valence-electron chi connectivity index (χ0n) is 14.9. The molecule has 0 bridgehead atoms. The molecule has 22 heavy (non-hydrogen) atoms. The lowest BCUT2D eigenvalue weighted by molar-refractivity contribution is 0.612. The van der Waals surface area contributed by atoms with Crippen molar-refractivity contribution in [1.29, 1.82) is 0 Å². The highest BCUT2D eigenvalue weighted by Gasteiger charge is 2.07. The highest BCUT2D eigenvalue weighted by atomic mass is 14.1. The van der Waals surface area contributed by atoms with Crippen LogP contribution in [0.3, 0.4) is 0 Å². The summed E-state index contributed by atoms with van der Waals surface area (Å²) in [6.45, 7) is 12.9. The van der Waals surface area contributed by atoms with Crippen molar-refractivity contribution in [2.45, 2.75) is 101 Å². The van der Waals surface area contributed by atoms with Crippen LogP contribution in [0.2, 0.25) is 0 Å². The average molecular weight is 311 g/mol. The van der Waals surface area contributed by atoms with Gasteiger partial charge < -0.3 is 0 Å². The van der Waals surface area contributed by atoms with Gasteiger partial charge in [-0.2, -0.15) is 0 Å². The summed E-state index contributed by atoms with van der Waals surface area (Å²) >= 11 is 0. The van der Waals surface area contributed by atoms with Gasteiger partial charge in [0.15, 0.2) is 0 Å². The molecule has 1 saturated carbocycles. The molecule has 0 aromatic heterocycles. The zero-order valence-corrected chi connectivity index (χ0v) is 14.9. The first-order valence-corrected chi connectivity index (χ1v) is 8.78. The molecular formula is C22H46. The van der Waals surface area contributed by atoms with Gasteiger partial charge >= 0.3 is 0 Å². The molecule has 1 aromatic carbocycles. The van der Waals surface area contributed by atoms with Crippen molar-refractivity contribution in [2.24, 2.45) is 5.92 Å². The van der Waals surface area contributed by atoms with E-state index < -0.39 is 0 Å². The van der Waals surface area contributed by atoms with Crippen LogP contribution in [0.1, 0.15) is 100 Å². The van der Waals surface area contributed by atoms with E-state index in [0.29, 0.717) is 0 Å². The summed E-state index contributed by atoms with van der Waals surface area (Å²) in [5, 5.41) is 0. The first-order valence-electron chi connectivity index (χ1n) is 8.78. The van der Waals surface area contributed by atoms with Gasteiger partial charge in [0.25, 0.3) is 0 Å². The molecule has 0 heterocycles. The van der Waals surface area contributed by atoms with Gasteiger partial charge in [-0.15, -0.1) is 0 Å². The van der Waals surface area contributed by atoms with Crippen LogP contribution in [0.5, 0.6) is 0 Å². The van der Waals surface area contributed by atoms with Crippen LogP contribution in [0.15, 0.2) is 30.3 Å². The van der Waals surface area contributed by atoms with Crippen LogP contribution >= 0.6 is 0 Å². The molecule has 0 saturated heterocycles. The van der Waals surface area contributed by atoms with Gasteiger partial charge in [0, 0.05) is 0 Å². The summed E-state index contributed by atoms with van der Waals surface area (Å²) in [6, 6.07) is 10.5. The van der Waals surface area contributed by atoms with E-state index in [2.05, 4.69) is 52.0 Å². The summed E-state index contributed by atoms with van der Waals surface area (Å²) < 4.78 is 0. The largest absolute Gasteiger partial charge is 0.0776 e. The maximum absolute atomic E-state index is 2.34. The van der Waals surface area contributed by atoms with E-state index in [4.69, 9.17) is 0 Å². The molecule has 0 nitrogen and oxygen atoms in total. The highest BCUT2D eigenvalue weighted by molar-refractivity contribution is 5.13. The molecule has 1 aliphatic carbocycles. The van der Waals surface area contributed by atoms with Crippen molar-refractivity contribution in [2.75, 3.05) is 0 Å². The minimum absolute atomic E-state index is 0. The SMILES string of the molecule is C.C.CC.CC1CCCC1.CCCC.CCc1ccccc1. The lowest BCUT2D eigenvalue weighted by Crippen LogP contribution is -1.78. The monoisotopic (exact) mass is 310 g/mol. The van der Waals surface area contributed by atoms with Crippen LogP contribution in [0, 0.1) is 5.92 Å². The number of hydrogen-bond donors (Lipinski definition) is 0. The van der Waals surface area contributed by atoms with Crippen LogP contribution in [-0.4, -0.2) is 0 Å². The second kappa shape index (κ2) is 25.2. The number of rotatable bonds is 2. The fourth-order valence-electron chi connectivity index (χ4n) is 1.84. The third-order valence-corrected chi connectivity index (χ3v) is 3.39. The Hall–Kier alpha value is -0.780. The first kappa shape index (κ1) is 29.3. The minimum Gasteiger partial charge on any atom is -0.0776 e. The zero-order chi connectivity index (χ0) is 15.6. The lowest BCUT2D eigenvalue weighted by atomic mass is 10.2. The van der Waals surface area contributed by atoms with Gasteiger partial charge in [-0.1, -0.05) is 125 Å². The van der Waals surface area contributed by atoms with Crippen molar-refractivity contribution in [3.05, 3.63) is 35.9 Å². The standard InChI is InChI=1S/C8H10.C6H12.C4H10.C2H6.2CH4/c1-2-8-6-4-3-5-7-8;1-6-4-2-3-5-6;1-3-4-2;1-2;;/h3-7H,2H2,1H3;6H,2-5H2,1H3;3-4H2,1-2H3;1-2H3;2*1H4. The summed E-state index contributed by atoms with van der Waals surface area (Å²) in [5.74, 6) is 1.05. The molecule has 134 valence electrons. The van der Waals surface area contributed by atoms with E-state index in [1.165, 1.54) is 44.1 Å². The molecule has 0 amide bonds. The number of aryl methyl sites for hydroxylation is 1. The molecular weight excluding hydrogens is 264 g/mol. The Labute approximate surface area is 143 Å². The molecule has 0 unspecified atom stereocenters. The van der Waals surface area contributed by atoms with Gasteiger partial charge in [0.05, 0.1) is 0 Å². The third-order valence-electron chi connectivity index (χ3n) is 3.39. The van der Waals surface area contributed by atoms with Crippen molar-refractivity contribution in [3.63, 3.8) is 0 Å². The summed E-state index contributed by atoms with van der Waals surface area (Å²) in [5.41, 5.74) is 1.41. The van der Waals surface area contributed by atoms with Crippen molar-refractivity contribution in [1.82, 2.24) is 0 Å². The molecule has 1 aromatic rings. The van der Waals surface area contributed by atoms with Crippen LogP contribution < -0.4 is 0 Å². The predicted octanol–water partition coefficient (Wildman–Crippen LogP) is 8.55. The van der Waals surface area contributed by atoms with Crippen molar-refractivity contribution >= 4 is 0 Å². The molecule has 0 heteroatoms. The minimum atomic E-state index is 0. The Bertz CT molecular complexity index is 242. The molecule has 0 N–H and O–H groups in total. The second-order valence-corrected chi connectivity index (χ2v) is 5.23. The van der Waals surface area contributed by atoms with Gasteiger partial charge in [0.2, 0.25) is 0 Å². The Kier molecular flexibility index (Phi) is 33.5. The average Bonchev–Trinajstić information content (AvgIpc) is 3.02. The fourth-order valence-corrected chi connectivity index (χ4v) is 1.84. The normalized spacial score (nSPS) is 11.9. The predicted molar refractivity (Wildman–Crippen MR) is 109 cm³/mol. The van der Waals surface area contributed by atoms with Gasteiger partial charge in [0.1, 0.15) is 0 Å². The maximum atomic E-state index is 2.34. The molecule has 2 rings (SSSR count). The number of hydrogen-bond acceptors (Lipinski definition) is 0. The van der Waals surface area contributed by atoms with Crippen LogP contribution in [-0.2, 0) is 6.42 Å².